The molecule has 0 unspecified atom stereocenters. The van der Waals surface area contributed by atoms with E-state index in [1.807, 2.05) is 45.0 Å². The molecule has 0 atom stereocenters. The summed E-state index contributed by atoms with van der Waals surface area (Å²) in [4.78, 5) is 12.0. The summed E-state index contributed by atoms with van der Waals surface area (Å²) >= 11 is 6.02. The molecule has 0 aliphatic rings. The fraction of sp³-hybridized carbons (Fsp3) is 0.188. The lowest BCUT2D eigenvalue weighted by Gasteiger charge is -2.11. The fourth-order valence-electron chi connectivity index (χ4n) is 1.85. The number of rotatable bonds is 2. The minimum absolute atomic E-state index is 0.279. The van der Waals surface area contributed by atoms with E-state index >= 15 is 0 Å². The molecule has 2 aromatic rings. The van der Waals surface area contributed by atoms with E-state index in [-0.39, 0.29) is 6.03 Å². The van der Waals surface area contributed by atoms with Crippen LogP contribution in [-0.4, -0.2) is 6.03 Å². The Balaban J connectivity index is 2.09. The summed E-state index contributed by atoms with van der Waals surface area (Å²) in [6.45, 7) is 5.92. The van der Waals surface area contributed by atoms with Gasteiger partial charge in [-0.15, -0.1) is 0 Å². The van der Waals surface area contributed by atoms with E-state index in [1.165, 1.54) is 5.56 Å². The molecule has 0 heterocycles. The van der Waals surface area contributed by atoms with Crippen LogP contribution < -0.4 is 10.6 Å². The lowest BCUT2D eigenvalue weighted by Crippen LogP contribution is -2.20. The van der Waals surface area contributed by atoms with E-state index in [1.54, 1.807) is 12.1 Å². The maximum absolute atomic E-state index is 12.0. The van der Waals surface area contributed by atoms with Crippen molar-refractivity contribution < 1.29 is 4.79 Å². The van der Waals surface area contributed by atoms with Crippen molar-refractivity contribution in [3.8, 4) is 0 Å². The fourth-order valence-corrected chi connectivity index (χ4v) is 2.02. The number of benzene rings is 2. The van der Waals surface area contributed by atoms with Crippen LogP contribution in [0.3, 0.4) is 0 Å². The highest BCUT2D eigenvalue weighted by Crippen LogP contribution is 2.23. The zero-order chi connectivity index (χ0) is 14.7. The third-order valence-corrected chi connectivity index (χ3v) is 3.69. The number of aryl methyl sites for hydroxylation is 2. The van der Waals surface area contributed by atoms with E-state index in [4.69, 9.17) is 11.6 Å². The van der Waals surface area contributed by atoms with Gasteiger partial charge >= 0.3 is 6.03 Å². The monoisotopic (exact) mass is 288 g/mol. The van der Waals surface area contributed by atoms with Crippen LogP contribution in [0.15, 0.2) is 36.4 Å². The van der Waals surface area contributed by atoms with Crippen LogP contribution in [0.5, 0.6) is 0 Å². The number of nitrogens with one attached hydrogen (secondary N) is 2. The molecule has 0 saturated heterocycles. The number of amides is 2. The molecule has 2 amide bonds. The Labute approximate surface area is 124 Å². The first-order valence-corrected chi connectivity index (χ1v) is 6.75. The van der Waals surface area contributed by atoms with Gasteiger partial charge in [-0.3, -0.25) is 0 Å². The molecule has 0 aromatic heterocycles. The second-order valence-electron chi connectivity index (χ2n) is 4.79. The Kier molecular flexibility index (Phi) is 4.30. The molecule has 0 aliphatic heterocycles. The smallest absolute Gasteiger partial charge is 0.308 e. The Hall–Kier alpha value is -2.00. The lowest BCUT2D eigenvalue weighted by molar-refractivity contribution is 0.262. The Bertz CT molecular complexity index is 653. The van der Waals surface area contributed by atoms with Crippen LogP contribution in [0.25, 0.3) is 0 Å². The predicted octanol–water partition coefficient (Wildman–Crippen LogP) is 4.91. The zero-order valence-corrected chi connectivity index (χ0v) is 12.5. The van der Waals surface area contributed by atoms with E-state index in [9.17, 15) is 4.79 Å². The van der Waals surface area contributed by atoms with Crippen molar-refractivity contribution in [2.45, 2.75) is 20.8 Å². The molecule has 2 aromatic carbocycles. The van der Waals surface area contributed by atoms with Crippen LogP contribution in [0, 0.1) is 20.8 Å². The standard InChI is InChI=1S/C16H17ClN2O/c1-10-7-8-13(9-11(10)2)18-16(20)19-15-6-4-5-14(17)12(15)3/h4-9H,1-3H3,(H2,18,19,20). The molecule has 0 fully saturated rings. The van der Waals surface area contributed by atoms with Crippen molar-refractivity contribution >= 4 is 29.0 Å². The van der Waals surface area contributed by atoms with E-state index in [0.29, 0.717) is 10.7 Å². The Morgan fingerprint density at radius 3 is 2.45 bits per heavy atom. The molecule has 20 heavy (non-hydrogen) atoms. The van der Waals surface area contributed by atoms with Crippen LogP contribution in [0.1, 0.15) is 16.7 Å². The van der Waals surface area contributed by atoms with Crippen LogP contribution in [0.2, 0.25) is 5.02 Å². The third kappa shape index (κ3) is 3.31. The van der Waals surface area contributed by atoms with Crippen LogP contribution >= 0.6 is 11.6 Å². The van der Waals surface area contributed by atoms with Gasteiger partial charge in [0.15, 0.2) is 0 Å². The van der Waals surface area contributed by atoms with Crippen molar-refractivity contribution in [3.05, 3.63) is 58.1 Å². The normalized spacial score (nSPS) is 10.2. The number of carbonyl (C=O) groups is 1. The first-order chi connectivity index (χ1) is 9.47. The largest absolute Gasteiger partial charge is 0.323 e. The van der Waals surface area contributed by atoms with Gasteiger partial charge in [0.2, 0.25) is 0 Å². The molecule has 0 aliphatic carbocycles. The molecule has 3 nitrogen and oxygen atoms in total. The molecular weight excluding hydrogens is 272 g/mol. The number of anilines is 2. The SMILES string of the molecule is Cc1ccc(NC(=O)Nc2cccc(Cl)c2C)cc1C. The molecule has 0 radical (unpaired) electrons. The quantitative estimate of drug-likeness (QED) is 0.810. The summed E-state index contributed by atoms with van der Waals surface area (Å²) in [6, 6.07) is 11.0. The van der Waals surface area contributed by atoms with Gasteiger partial charge < -0.3 is 10.6 Å². The van der Waals surface area contributed by atoms with Gasteiger partial charge in [0.05, 0.1) is 0 Å². The summed E-state index contributed by atoms with van der Waals surface area (Å²) in [7, 11) is 0. The Morgan fingerprint density at radius 2 is 1.75 bits per heavy atom. The number of hydrogen-bond acceptors (Lipinski definition) is 1. The average Bonchev–Trinajstić information content (AvgIpc) is 2.39. The molecule has 0 saturated carbocycles. The van der Waals surface area contributed by atoms with Crippen molar-refractivity contribution in [3.63, 3.8) is 0 Å². The van der Waals surface area contributed by atoms with Crippen molar-refractivity contribution in [2.24, 2.45) is 0 Å². The maximum Gasteiger partial charge on any atom is 0.323 e. The molecule has 2 N–H and O–H groups in total. The van der Waals surface area contributed by atoms with Crippen molar-refractivity contribution in [2.75, 3.05) is 10.6 Å². The first kappa shape index (κ1) is 14.4. The topological polar surface area (TPSA) is 41.1 Å². The van der Waals surface area contributed by atoms with Gasteiger partial charge in [0, 0.05) is 16.4 Å². The summed E-state index contributed by atoms with van der Waals surface area (Å²) in [6.07, 6.45) is 0. The second kappa shape index (κ2) is 5.97. The summed E-state index contributed by atoms with van der Waals surface area (Å²) in [5, 5.41) is 6.24. The zero-order valence-electron chi connectivity index (χ0n) is 11.8. The first-order valence-electron chi connectivity index (χ1n) is 6.38. The van der Waals surface area contributed by atoms with Crippen LogP contribution in [0.4, 0.5) is 16.2 Å². The van der Waals surface area contributed by atoms with Gasteiger partial charge in [0.1, 0.15) is 0 Å². The molecule has 4 heteroatoms. The summed E-state index contributed by atoms with van der Waals surface area (Å²) in [5.74, 6) is 0. The second-order valence-corrected chi connectivity index (χ2v) is 5.20. The highest BCUT2D eigenvalue weighted by atomic mass is 35.5. The van der Waals surface area contributed by atoms with Gasteiger partial charge in [-0.2, -0.15) is 0 Å². The molecule has 0 bridgehead atoms. The van der Waals surface area contributed by atoms with Crippen LogP contribution in [-0.2, 0) is 0 Å². The van der Waals surface area contributed by atoms with Gasteiger partial charge in [-0.05, 0) is 61.7 Å². The molecule has 2 rings (SSSR count). The van der Waals surface area contributed by atoms with E-state index in [0.717, 1.165) is 16.8 Å². The van der Waals surface area contributed by atoms with Gasteiger partial charge in [-0.25, -0.2) is 4.79 Å². The van der Waals surface area contributed by atoms with Crippen molar-refractivity contribution in [1.82, 2.24) is 0 Å². The molecular formula is C16H17ClN2O. The number of carbonyl (C=O) groups excluding carboxylic acids is 1. The highest BCUT2D eigenvalue weighted by Gasteiger charge is 2.07. The van der Waals surface area contributed by atoms with Gasteiger partial charge in [0.25, 0.3) is 0 Å². The highest BCUT2D eigenvalue weighted by molar-refractivity contribution is 6.31. The summed E-state index contributed by atoms with van der Waals surface area (Å²) < 4.78 is 0. The minimum Gasteiger partial charge on any atom is -0.308 e. The third-order valence-electron chi connectivity index (χ3n) is 3.28. The van der Waals surface area contributed by atoms with Crippen molar-refractivity contribution in [1.29, 1.82) is 0 Å². The number of hydrogen-bond donors (Lipinski definition) is 2. The number of halogens is 1. The van der Waals surface area contributed by atoms with E-state index < -0.39 is 0 Å². The summed E-state index contributed by atoms with van der Waals surface area (Å²) in [5.41, 5.74) is 4.66. The average molecular weight is 289 g/mol. The number of urea groups is 1. The van der Waals surface area contributed by atoms with E-state index in [2.05, 4.69) is 10.6 Å². The predicted molar refractivity (Wildman–Crippen MR) is 84.7 cm³/mol. The molecule has 0 spiro atoms. The minimum atomic E-state index is -0.279. The Morgan fingerprint density at radius 1 is 1.00 bits per heavy atom. The lowest BCUT2D eigenvalue weighted by atomic mass is 10.1. The van der Waals surface area contributed by atoms with Gasteiger partial charge in [-0.1, -0.05) is 23.7 Å². The molecule has 104 valence electrons. The maximum atomic E-state index is 12.0.